The zero-order chi connectivity index (χ0) is 13.8. The highest BCUT2D eigenvalue weighted by molar-refractivity contribution is 5.73. The fourth-order valence-corrected chi connectivity index (χ4v) is 2.52. The number of piperidine rings is 1. The van der Waals surface area contributed by atoms with Crippen LogP contribution >= 0.6 is 0 Å². The Balaban J connectivity index is 2.09. The summed E-state index contributed by atoms with van der Waals surface area (Å²) in [6.45, 7) is 3.55. The number of aromatic nitrogens is 1. The highest BCUT2D eigenvalue weighted by atomic mass is 16.5. The van der Waals surface area contributed by atoms with E-state index in [2.05, 4.69) is 9.88 Å². The summed E-state index contributed by atoms with van der Waals surface area (Å²) in [5, 5.41) is 8.87. The quantitative estimate of drug-likeness (QED) is 0.754. The Bertz CT molecular complexity index is 510. The Hall–Kier alpha value is -2.09. The van der Waals surface area contributed by atoms with E-state index in [0.29, 0.717) is 5.69 Å². The summed E-state index contributed by atoms with van der Waals surface area (Å²) < 4.78 is 4.82. The minimum atomic E-state index is -0.133. The van der Waals surface area contributed by atoms with Crippen LogP contribution in [0.3, 0.4) is 0 Å². The molecule has 2 atom stereocenters. The number of nitrogens with zero attached hydrogens (tertiary/aromatic N) is 3. The molecule has 2 heterocycles. The van der Waals surface area contributed by atoms with E-state index < -0.39 is 0 Å². The van der Waals surface area contributed by atoms with Gasteiger partial charge in [0.15, 0.2) is 0 Å². The average Bonchev–Trinajstić information content (AvgIpc) is 2.46. The molecule has 0 amide bonds. The Morgan fingerprint density at radius 1 is 1.58 bits per heavy atom. The van der Waals surface area contributed by atoms with Crippen molar-refractivity contribution < 1.29 is 9.53 Å². The predicted molar refractivity (Wildman–Crippen MR) is 70.5 cm³/mol. The van der Waals surface area contributed by atoms with Crippen LogP contribution in [-0.2, 0) is 9.53 Å². The minimum absolute atomic E-state index is 0.0413. The van der Waals surface area contributed by atoms with E-state index in [4.69, 9.17) is 10.00 Å². The van der Waals surface area contributed by atoms with Gasteiger partial charge in [0.1, 0.15) is 17.6 Å². The maximum Gasteiger partial charge on any atom is 0.309 e. The Kier molecular flexibility index (Phi) is 4.00. The number of rotatable bonds is 2. The Labute approximate surface area is 112 Å². The van der Waals surface area contributed by atoms with Crippen molar-refractivity contribution in [3.8, 4) is 6.07 Å². The van der Waals surface area contributed by atoms with Gasteiger partial charge in [0, 0.05) is 13.1 Å². The lowest BCUT2D eigenvalue weighted by Crippen LogP contribution is -2.42. The van der Waals surface area contributed by atoms with Gasteiger partial charge in [0.2, 0.25) is 0 Å². The molecule has 100 valence electrons. The van der Waals surface area contributed by atoms with Gasteiger partial charge in [0.05, 0.1) is 13.0 Å². The summed E-state index contributed by atoms with van der Waals surface area (Å²) in [4.78, 5) is 18.0. The molecule has 1 aliphatic heterocycles. The summed E-state index contributed by atoms with van der Waals surface area (Å²) in [5.41, 5.74) is 0.417. The first-order valence-corrected chi connectivity index (χ1v) is 6.35. The number of nitriles is 1. The van der Waals surface area contributed by atoms with E-state index >= 15 is 0 Å². The van der Waals surface area contributed by atoms with Gasteiger partial charge in [-0.1, -0.05) is 13.0 Å². The van der Waals surface area contributed by atoms with Gasteiger partial charge < -0.3 is 9.64 Å². The highest BCUT2D eigenvalue weighted by Gasteiger charge is 2.32. The van der Waals surface area contributed by atoms with Crippen LogP contribution in [-0.4, -0.2) is 31.2 Å². The number of methoxy groups -OCH3 is 1. The number of esters is 1. The molecule has 19 heavy (non-hydrogen) atoms. The van der Waals surface area contributed by atoms with Gasteiger partial charge in [-0.3, -0.25) is 4.79 Å². The molecule has 5 nitrogen and oxygen atoms in total. The Morgan fingerprint density at radius 2 is 2.37 bits per heavy atom. The summed E-state index contributed by atoms with van der Waals surface area (Å²) in [7, 11) is 1.43. The monoisotopic (exact) mass is 259 g/mol. The molecule has 0 N–H and O–H groups in total. The second-order valence-corrected chi connectivity index (χ2v) is 4.83. The predicted octanol–water partition coefficient (Wildman–Crippen LogP) is 1.59. The third-order valence-electron chi connectivity index (χ3n) is 3.58. The standard InChI is InChI=1S/C14H17N3O2/c1-10-9-17(7-6-12(10)14(18)19-2)13-5-3-4-11(8-15)16-13/h3-5,10,12H,6-7,9H2,1-2H3/t10-,12+/m1/s1. The number of hydrogen-bond acceptors (Lipinski definition) is 5. The zero-order valence-electron chi connectivity index (χ0n) is 11.2. The van der Waals surface area contributed by atoms with E-state index in [0.717, 1.165) is 25.3 Å². The maximum atomic E-state index is 11.6. The average molecular weight is 259 g/mol. The van der Waals surface area contributed by atoms with E-state index in [1.807, 2.05) is 25.1 Å². The topological polar surface area (TPSA) is 66.2 Å². The van der Waals surface area contributed by atoms with E-state index in [1.54, 1.807) is 6.07 Å². The molecule has 0 saturated carbocycles. The van der Waals surface area contributed by atoms with Crippen LogP contribution in [0.5, 0.6) is 0 Å². The minimum Gasteiger partial charge on any atom is -0.469 e. The molecule has 0 aromatic carbocycles. The molecule has 2 rings (SSSR count). The molecule has 0 aliphatic carbocycles. The number of carbonyl (C=O) groups is 1. The lowest BCUT2D eigenvalue weighted by Gasteiger charge is -2.36. The molecule has 0 unspecified atom stereocenters. The van der Waals surface area contributed by atoms with E-state index in [1.165, 1.54) is 7.11 Å². The summed E-state index contributed by atoms with van der Waals surface area (Å²) >= 11 is 0. The maximum absolute atomic E-state index is 11.6. The normalized spacial score (nSPS) is 22.7. The van der Waals surface area contributed by atoms with Crippen molar-refractivity contribution in [3.63, 3.8) is 0 Å². The molecular weight excluding hydrogens is 242 g/mol. The van der Waals surface area contributed by atoms with Crippen LogP contribution in [0.4, 0.5) is 5.82 Å². The highest BCUT2D eigenvalue weighted by Crippen LogP contribution is 2.27. The number of ether oxygens (including phenoxy) is 1. The number of carbonyl (C=O) groups excluding carboxylic acids is 1. The van der Waals surface area contributed by atoms with Crippen LogP contribution in [0.1, 0.15) is 19.0 Å². The van der Waals surface area contributed by atoms with Crippen molar-refractivity contribution in [2.24, 2.45) is 11.8 Å². The SMILES string of the molecule is COC(=O)[C@H]1CCN(c2cccc(C#N)n2)C[C@H]1C. The molecule has 0 radical (unpaired) electrons. The van der Waals surface area contributed by atoms with Gasteiger partial charge in [-0.2, -0.15) is 5.26 Å². The largest absolute Gasteiger partial charge is 0.469 e. The summed E-state index contributed by atoms with van der Waals surface area (Å²) in [5.74, 6) is 0.842. The number of anilines is 1. The third-order valence-corrected chi connectivity index (χ3v) is 3.58. The van der Waals surface area contributed by atoms with Crippen LogP contribution < -0.4 is 4.90 Å². The zero-order valence-corrected chi connectivity index (χ0v) is 11.2. The molecule has 1 saturated heterocycles. The molecule has 1 aliphatic rings. The second kappa shape index (κ2) is 5.70. The molecule has 1 aromatic heterocycles. The number of pyridine rings is 1. The molecular formula is C14H17N3O2. The molecule has 0 spiro atoms. The molecule has 5 heteroatoms. The van der Waals surface area contributed by atoms with Crippen LogP contribution in [0, 0.1) is 23.2 Å². The fourth-order valence-electron chi connectivity index (χ4n) is 2.52. The van der Waals surface area contributed by atoms with Crippen molar-refractivity contribution >= 4 is 11.8 Å². The van der Waals surface area contributed by atoms with Gasteiger partial charge in [0.25, 0.3) is 0 Å². The third kappa shape index (κ3) is 2.84. The van der Waals surface area contributed by atoms with Crippen molar-refractivity contribution in [2.75, 3.05) is 25.1 Å². The van der Waals surface area contributed by atoms with Crippen molar-refractivity contribution in [1.82, 2.24) is 4.98 Å². The number of hydrogen-bond donors (Lipinski definition) is 0. The first-order chi connectivity index (χ1) is 9.15. The van der Waals surface area contributed by atoms with Crippen LogP contribution in [0.15, 0.2) is 18.2 Å². The first kappa shape index (κ1) is 13.3. The summed E-state index contributed by atoms with van der Waals surface area (Å²) in [6.07, 6.45) is 0.756. The lowest BCUT2D eigenvalue weighted by molar-refractivity contribution is -0.147. The molecule has 0 bridgehead atoms. The first-order valence-electron chi connectivity index (χ1n) is 6.35. The van der Waals surface area contributed by atoms with E-state index in [-0.39, 0.29) is 17.8 Å². The van der Waals surface area contributed by atoms with Crippen molar-refractivity contribution in [1.29, 1.82) is 5.26 Å². The second-order valence-electron chi connectivity index (χ2n) is 4.83. The van der Waals surface area contributed by atoms with Gasteiger partial charge in [-0.15, -0.1) is 0 Å². The van der Waals surface area contributed by atoms with Crippen LogP contribution in [0.2, 0.25) is 0 Å². The van der Waals surface area contributed by atoms with Crippen molar-refractivity contribution in [3.05, 3.63) is 23.9 Å². The lowest BCUT2D eigenvalue weighted by atomic mass is 9.87. The fraction of sp³-hybridized carbons (Fsp3) is 0.500. The molecule has 1 fully saturated rings. The Morgan fingerprint density at radius 3 is 3.00 bits per heavy atom. The van der Waals surface area contributed by atoms with Gasteiger partial charge >= 0.3 is 5.97 Å². The molecule has 1 aromatic rings. The smallest absolute Gasteiger partial charge is 0.309 e. The van der Waals surface area contributed by atoms with Crippen molar-refractivity contribution in [2.45, 2.75) is 13.3 Å². The van der Waals surface area contributed by atoms with Gasteiger partial charge in [-0.05, 0) is 24.5 Å². The van der Waals surface area contributed by atoms with E-state index in [9.17, 15) is 4.79 Å². The van der Waals surface area contributed by atoms with Gasteiger partial charge in [-0.25, -0.2) is 4.98 Å². The summed E-state index contributed by atoms with van der Waals surface area (Å²) in [6, 6.07) is 7.46. The van der Waals surface area contributed by atoms with Crippen LogP contribution in [0.25, 0.3) is 0 Å².